The summed E-state index contributed by atoms with van der Waals surface area (Å²) in [7, 11) is -0.947. The number of hydrogen-bond donors (Lipinski definition) is 2. The maximum absolute atomic E-state index is 12.5. The van der Waals surface area contributed by atoms with Crippen LogP contribution in [0.1, 0.15) is 22.0 Å². The molecule has 0 bridgehead atoms. The van der Waals surface area contributed by atoms with Crippen LogP contribution in [-0.2, 0) is 10.0 Å². The molecule has 10 nitrogen and oxygen atoms in total. The van der Waals surface area contributed by atoms with Gasteiger partial charge in [-0.2, -0.15) is 4.98 Å². The van der Waals surface area contributed by atoms with E-state index in [-0.39, 0.29) is 27.9 Å². The molecule has 0 saturated heterocycles. The zero-order valence-electron chi connectivity index (χ0n) is 15.1. The quantitative estimate of drug-likeness (QED) is 0.634. The summed E-state index contributed by atoms with van der Waals surface area (Å²) in [5.41, 5.74) is 1.42. The van der Waals surface area contributed by atoms with Crippen molar-refractivity contribution < 1.29 is 18.3 Å². The number of aromatic hydroxyl groups is 1. The standard InChI is InChI=1S/C16H18N6O4S/c1-9-7-10(2)22-16(17-9)19-14(20-22)15(24)18-12-8-11(5-6-13(12)23)27(25,26)21(3)4/h5-8,23H,1-4H3,(H,18,24). The molecule has 0 radical (unpaired) electrons. The van der Waals surface area contributed by atoms with Gasteiger partial charge in [-0.1, -0.05) is 0 Å². The summed E-state index contributed by atoms with van der Waals surface area (Å²) in [4.78, 5) is 20.7. The SMILES string of the molecule is Cc1cc(C)n2nc(C(=O)Nc3cc(S(=O)(=O)N(C)C)ccc3O)nc2n1. The van der Waals surface area contributed by atoms with E-state index in [0.29, 0.717) is 0 Å². The van der Waals surface area contributed by atoms with E-state index in [9.17, 15) is 18.3 Å². The van der Waals surface area contributed by atoms with Crippen molar-refractivity contribution in [1.82, 2.24) is 23.9 Å². The molecule has 27 heavy (non-hydrogen) atoms. The van der Waals surface area contributed by atoms with E-state index in [4.69, 9.17) is 0 Å². The van der Waals surface area contributed by atoms with E-state index in [1.807, 2.05) is 0 Å². The second-order valence-electron chi connectivity index (χ2n) is 6.11. The Hall–Kier alpha value is -3.05. The lowest BCUT2D eigenvalue weighted by Crippen LogP contribution is -2.22. The molecule has 2 heterocycles. The number of fused-ring (bicyclic) bond motifs is 1. The van der Waals surface area contributed by atoms with Gasteiger partial charge in [-0.3, -0.25) is 4.79 Å². The fraction of sp³-hybridized carbons (Fsp3) is 0.250. The van der Waals surface area contributed by atoms with Crippen LogP contribution in [0.5, 0.6) is 5.75 Å². The Morgan fingerprint density at radius 2 is 1.89 bits per heavy atom. The predicted molar refractivity (Wildman–Crippen MR) is 97.2 cm³/mol. The Morgan fingerprint density at radius 1 is 1.19 bits per heavy atom. The molecule has 1 amide bonds. The number of nitrogens with one attached hydrogen (secondary N) is 1. The van der Waals surface area contributed by atoms with Gasteiger partial charge >= 0.3 is 0 Å². The first-order valence-electron chi connectivity index (χ1n) is 7.87. The Morgan fingerprint density at radius 3 is 2.56 bits per heavy atom. The minimum atomic E-state index is -3.72. The number of phenolic OH excluding ortho intramolecular Hbond substituents is 1. The molecule has 2 N–H and O–H groups in total. The summed E-state index contributed by atoms with van der Waals surface area (Å²) in [5, 5.41) is 16.5. The number of aromatic nitrogens is 4. The number of carbonyl (C=O) groups excluding carboxylic acids is 1. The fourth-order valence-corrected chi connectivity index (χ4v) is 3.36. The summed E-state index contributed by atoms with van der Waals surface area (Å²) in [5.74, 6) is -0.871. The van der Waals surface area contributed by atoms with Crippen LogP contribution < -0.4 is 5.32 Å². The van der Waals surface area contributed by atoms with Crippen molar-refractivity contribution in [2.24, 2.45) is 0 Å². The van der Waals surface area contributed by atoms with Crippen LogP contribution in [-0.4, -0.2) is 57.4 Å². The summed E-state index contributed by atoms with van der Waals surface area (Å²) in [6.45, 7) is 3.61. The molecular formula is C16H18N6O4S. The van der Waals surface area contributed by atoms with Crippen LogP contribution in [0.25, 0.3) is 5.78 Å². The van der Waals surface area contributed by atoms with E-state index >= 15 is 0 Å². The third-order valence-corrected chi connectivity index (χ3v) is 5.63. The number of anilines is 1. The smallest absolute Gasteiger partial charge is 0.295 e. The molecule has 3 rings (SSSR count). The van der Waals surface area contributed by atoms with E-state index in [2.05, 4.69) is 20.4 Å². The molecular weight excluding hydrogens is 372 g/mol. The van der Waals surface area contributed by atoms with Crippen LogP contribution in [0, 0.1) is 13.8 Å². The molecule has 0 fully saturated rings. The van der Waals surface area contributed by atoms with Gasteiger partial charge in [-0.25, -0.2) is 22.2 Å². The highest BCUT2D eigenvalue weighted by Gasteiger charge is 2.21. The monoisotopic (exact) mass is 390 g/mol. The van der Waals surface area contributed by atoms with Crippen molar-refractivity contribution in [2.75, 3.05) is 19.4 Å². The Kier molecular flexibility index (Phi) is 4.57. The van der Waals surface area contributed by atoms with Gasteiger partial charge in [-0.15, -0.1) is 5.10 Å². The fourth-order valence-electron chi connectivity index (χ4n) is 2.43. The molecule has 0 atom stereocenters. The number of carbonyl (C=O) groups is 1. The van der Waals surface area contributed by atoms with Gasteiger partial charge in [0.1, 0.15) is 5.75 Å². The second-order valence-corrected chi connectivity index (χ2v) is 8.26. The lowest BCUT2D eigenvalue weighted by molar-refractivity contribution is 0.101. The highest BCUT2D eigenvalue weighted by molar-refractivity contribution is 7.89. The van der Waals surface area contributed by atoms with Gasteiger partial charge in [0, 0.05) is 25.5 Å². The van der Waals surface area contributed by atoms with Crippen LogP contribution in [0.3, 0.4) is 0 Å². The van der Waals surface area contributed by atoms with Crippen molar-refractivity contribution in [1.29, 1.82) is 0 Å². The van der Waals surface area contributed by atoms with Crippen molar-refractivity contribution >= 4 is 27.4 Å². The topological polar surface area (TPSA) is 130 Å². The zero-order valence-corrected chi connectivity index (χ0v) is 15.9. The number of sulfonamides is 1. The molecule has 0 aliphatic rings. The maximum atomic E-state index is 12.5. The zero-order chi connectivity index (χ0) is 19.9. The minimum Gasteiger partial charge on any atom is -0.506 e. The normalized spacial score (nSPS) is 11.9. The first-order chi connectivity index (χ1) is 12.6. The molecule has 3 aromatic rings. The van der Waals surface area contributed by atoms with Gasteiger partial charge < -0.3 is 10.4 Å². The molecule has 0 unspecified atom stereocenters. The van der Waals surface area contributed by atoms with Crippen LogP contribution in [0.2, 0.25) is 0 Å². The maximum Gasteiger partial charge on any atom is 0.295 e. The Balaban J connectivity index is 1.96. The van der Waals surface area contributed by atoms with Crippen molar-refractivity contribution in [3.05, 3.63) is 41.5 Å². The highest BCUT2D eigenvalue weighted by atomic mass is 32.2. The number of amides is 1. The number of rotatable bonds is 4. The molecule has 142 valence electrons. The number of hydrogen-bond acceptors (Lipinski definition) is 7. The number of aryl methyl sites for hydroxylation is 2. The molecule has 11 heteroatoms. The summed E-state index contributed by atoms with van der Waals surface area (Å²) in [6.07, 6.45) is 0. The minimum absolute atomic E-state index is 0.0670. The van der Waals surface area contributed by atoms with Gasteiger partial charge in [0.25, 0.3) is 11.7 Å². The van der Waals surface area contributed by atoms with E-state index < -0.39 is 15.9 Å². The highest BCUT2D eigenvalue weighted by Crippen LogP contribution is 2.27. The van der Waals surface area contributed by atoms with Crippen molar-refractivity contribution in [3.63, 3.8) is 0 Å². The molecule has 0 spiro atoms. The third-order valence-electron chi connectivity index (χ3n) is 3.82. The third kappa shape index (κ3) is 3.46. The van der Waals surface area contributed by atoms with Gasteiger partial charge in [0.2, 0.25) is 15.8 Å². The second kappa shape index (κ2) is 6.59. The van der Waals surface area contributed by atoms with Gasteiger partial charge in [0.05, 0.1) is 10.6 Å². The molecule has 0 aliphatic heterocycles. The van der Waals surface area contributed by atoms with E-state index in [1.54, 1.807) is 19.9 Å². The number of phenols is 1. The van der Waals surface area contributed by atoms with E-state index in [1.165, 1.54) is 36.8 Å². The largest absolute Gasteiger partial charge is 0.506 e. The predicted octanol–water partition coefficient (Wildman–Crippen LogP) is 0.949. The van der Waals surface area contributed by atoms with E-state index in [0.717, 1.165) is 15.7 Å². The lowest BCUT2D eigenvalue weighted by atomic mass is 10.3. The molecule has 0 aliphatic carbocycles. The van der Waals surface area contributed by atoms with Crippen LogP contribution >= 0.6 is 0 Å². The first kappa shape index (κ1) is 18.7. The summed E-state index contributed by atoms with van der Waals surface area (Å²) >= 11 is 0. The molecule has 0 saturated carbocycles. The van der Waals surface area contributed by atoms with Crippen LogP contribution in [0.4, 0.5) is 5.69 Å². The lowest BCUT2D eigenvalue weighted by Gasteiger charge is -2.13. The van der Waals surface area contributed by atoms with Gasteiger partial charge in [-0.05, 0) is 38.1 Å². The Bertz CT molecular complexity index is 1150. The Labute approximate surface area is 155 Å². The van der Waals surface area contributed by atoms with Gasteiger partial charge in [0.15, 0.2) is 0 Å². The summed E-state index contributed by atoms with van der Waals surface area (Å²) in [6, 6.07) is 5.41. The average Bonchev–Trinajstić information content (AvgIpc) is 3.01. The summed E-state index contributed by atoms with van der Waals surface area (Å²) < 4.78 is 26.9. The van der Waals surface area contributed by atoms with Crippen molar-refractivity contribution in [3.8, 4) is 5.75 Å². The number of benzene rings is 1. The average molecular weight is 390 g/mol. The number of nitrogens with zero attached hydrogens (tertiary/aromatic N) is 5. The first-order valence-corrected chi connectivity index (χ1v) is 9.31. The van der Waals surface area contributed by atoms with Crippen LogP contribution in [0.15, 0.2) is 29.2 Å². The van der Waals surface area contributed by atoms with Crippen molar-refractivity contribution in [2.45, 2.75) is 18.7 Å². The molecule has 1 aromatic carbocycles. The molecule has 2 aromatic heterocycles.